The number of carbonyl (C=O) groups excluding carboxylic acids is 2. The van der Waals surface area contributed by atoms with Crippen molar-refractivity contribution in [1.29, 1.82) is 0 Å². The number of nitrogens with one attached hydrogen (secondary N) is 2. The molecule has 1 atom stereocenters. The van der Waals surface area contributed by atoms with E-state index in [1.807, 2.05) is 61.5 Å². The molecule has 2 aromatic carbocycles. The van der Waals surface area contributed by atoms with Crippen molar-refractivity contribution in [2.75, 3.05) is 17.2 Å². The summed E-state index contributed by atoms with van der Waals surface area (Å²) in [4.78, 5) is 27.3. The summed E-state index contributed by atoms with van der Waals surface area (Å²) in [5.41, 5.74) is 3.71. The Morgan fingerprint density at radius 1 is 1.03 bits per heavy atom. The van der Waals surface area contributed by atoms with Crippen molar-refractivity contribution in [3.8, 4) is 5.75 Å². The number of amides is 2. The first-order chi connectivity index (χ1) is 16.2. The molecule has 0 saturated heterocycles. The molecule has 3 aromatic rings. The molecule has 5 nitrogen and oxygen atoms in total. The van der Waals surface area contributed by atoms with E-state index in [-0.39, 0.29) is 23.8 Å². The Kier molecular flexibility index (Phi) is 7.08. The van der Waals surface area contributed by atoms with Crippen LogP contribution in [0, 0.1) is 18.3 Å². The summed E-state index contributed by atoms with van der Waals surface area (Å²) in [6, 6.07) is 17.0. The van der Waals surface area contributed by atoms with Gasteiger partial charge in [-0.3, -0.25) is 9.59 Å². The molecule has 0 unspecified atom stereocenters. The third kappa shape index (κ3) is 5.68. The van der Waals surface area contributed by atoms with Crippen molar-refractivity contribution in [1.82, 2.24) is 0 Å². The van der Waals surface area contributed by atoms with Crippen LogP contribution in [0.3, 0.4) is 0 Å². The fraction of sp³-hybridized carbons (Fsp3) is 0.357. The molecular formula is C28H32N2O3S. The third-order valence-electron chi connectivity index (χ3n) is 6.39. The zero-order chi connectivity index (χ0) is 24.3. The molecular weight excluding hydrogens is 444 g/mol. The minimum Gasteiger partial charge on any atom is -0.484 e. The molecule has 0 saturated carbocycles. The topological polar surface area (TPSA) is 67.4 Å². The van der Waals surface area contributed by atoms with Crippen molar-refractivity contribution < 1.29 is 14.3 Å². The molecule has 1 aliphatic carbocycles. The smallest absolute Gasteiger partial charge is 0.262 e. The SMILES string of the molecule is Cc1ccc(NC(=O)c2c(NC(=O)COc3ccccc3)sc3c2CC[C@@H](C(C)(C)C)C3)cc1. The van der Waals surface area contributed by atoms with E-state index in [1.54, 1.807) is 0 Å². The summed E-state index contributed by atoms with van der Waals surface area (Å²) in [7, 11) is 0. The predicted octanol–water partition coefficient (Wildman–Crippen LogP) is 6.48. The zero-order valence-electron chi connectivity index (χ0n) is 20.2. The van der Waals surface area contributed by atoms with Crippen LogP contribution in [0.4, 0.5) is 10.7 Å². The van der Waals surface area contributed by atoms with E-state index in [9.17, 15) is 9.59 Å². The minimum atomic E-state index is -0.279. The van der Waals surface area contributed by atoms with Gasteiger partial charge in [0, 0.05) is 10.6 Å². The van der Waals surface area contributed by atoms with Gasteiger partial charge in [-0.25, -0.2) is 0 Å². The standard InChI is InChI=1S/C28H32N2O3S/c1-18-10-13-20(14-11-18)29-26(32)25-22-15-12-19(28(2,3)4)16-23(22)34-27(25)30-24(31)17-33-21-8-6-5-7-9-21/h5-11,13-14,19H,12,15-17H2,1-4H3,(H,29,32)(H,30,31)/t19-/m1/s1. The molecule has 0 bridgehead atoms. The molecule has 34 heavy (non-hydrogen) atoms. The fourth-order valence-electron chi connectivity index (χ4n) is 4.31. The number of aryl methyl sites for hydroxylation is 1. The number of benzene rings is 2. The van der Waals surface area contributed by atoms with Crippen LogP contribution in [0.15, 0.2) is 54.6 Å². The number of para-hydroxylation sites is 1. The van der Waals surface area contributed by atoms with E-state index in [1.165, 1.54) is 16.2 Å². The van der Waals surface area contributed by atoms with Crippen molar-refractivity contribution in [2.45, 2.75) is 47.0 Å². The summed E-state index contributed by atoms with van der Waals surface area (Å²) in [6.45, 7) is 8.70. The second kappa shape index (κ2) is 10.0. The Hall–Kier alpha value is -3.12. The van der Waals surface area contributed by atoms with Crippen LogP contribution in [0.1, 0.15) is 53.6 Å². The lowest BCUT2D eigenvalue weighted by Gasteiger charge is -2.33. The molecule has 1 heterocycles. The summed E-state index contributed by atoms with van der Waals surface area (Å²) >= 11 is 1.52. The molecule has 1 aromatic heterocycles. The first kappa shape index (κ1) is 24.0. The van der Waals surface area contributed by atoms with Crippen LogP contribution in [-0.2, 0) is 17.6 Å². The first-order valence-corrected chi connectivity index (χ1v) is 12.5. The average molecular weight is 477 g/mol. The van der Waals surface area contributed by atoms with Crippen LogP contribution >= 0.6 is 11.3 Å². The van der Waals surface area contributed by atoms with E-state index < -0.39 is 0 Å². The Labute approximate surface area is 205 Å². The highest BCUT2D eigenvalue weighted by Gasteiger charge is 2.34. The van der Waals surface area contributed by atoms with Crippen LogP contribution < -0.4 is 15.4 Å². The van der Waals surface area contributed by atoms with Crippen LogP contribution in [0.2, 0.25) is 0 Å². The number of anilines is 2. The summed E-state index contributed by atoms with van der Waals surface area (Å²) in [5.74, 6) is 0.708. The molecule has 0 fully saturated rings. The molecule has 0 radical (unpaired) electrons. The van der Waals surface area contributed by atoms with E-state index in [2.05, 4.69) is 31.4 Å². The number of hydrogen-bond donors (Lipinski definition) is 2. The monoisotopic (exact) mass is 476 g/mol. The normalized spacial score (nSPS) is 15.4. The van der Waals surface area contributed by atoms with Crippen molar-refractivity contribution in [3.05, 3.63) is 76.2 Å². The largest absolute Gasteiger partial charge is 0.484 e. The van der Waals surface area contributed by atoms with Crippen LogP contribution in [-0.4, -0.2) is 18.4 Å². The lowest BCUT2D eigenvalue weighted by molar-refractivity contribution is -0.118. The molecule has 6 heteroatoms. The van der Waals surface area contributed by atoms with Gasteiger partial charge in [0.1, 0.15) is 10.8 Å². The van der Waals surface area contributed by atoms with Crippen molar-refractivity contribution in [2.24, 2.45) is 11.3 Å². The van der Waals surface area contributed by atoms with Gasteiger partial charge in [0.15, 0.2) is 6.61 Å². The highest BCUT2D eigenvalue weighted by atomic mass is 32.1. The molecule has 0 spiro atoms. The van der Waals surface area contributed by atoms with Gasteiger partial charge in [-0.05, 0) is 67.3 Å². The lowest BCUT2D eigenvalue weighted by Crippen LogP contribution is -2.27. The van der Waals surface area contributed by atoms with E-state index >= 15 is 0 Å². The number of fused-ring (bicyclic) bond motifs is 1. The first-order valence-electron chi connectivity index (χ1n) is 11.7. The minimum absolute atomic E-state index is 0.115. The van der Waals surface area contributed by atoms with E-state index in [0.717, 1.165) is 36.1 Å². The third-order valence-corrected chi connectivity index (χ3v) is 7.56. The van der Waals surface area contributed by atoms with Gasteiger partial charge in [-0.2, -0.15) is 0 Å². The molecule has 4 rings (SSSR count). The van der Waals surface area contributed by atoms with E-state index in [0.29, 0.717) is 22.2 Å². The maximum atomic E-state index is 13.4. The second-order valence-electron chi connectivity index (χ2n) is 9.98. The van der Waals surface area contributed by atoms with Gasteiger partial charge in [0.25, 0.3) is 11.8 Å². The summed E-state index contributed by atoms with van der Waals surface area (Å²) < 4.78 is 5.60. The van der Waals surface area contributed by atoms with Gasteiger partial charge in [-0.1, -0.05) is 56.7 Å². The highest BCUT2D eigenvalue weighted by Crippen LogP contribution is 2.44. The predicted molar refractivity (Wildman–Crippen MR) is 139 cm³/mol. The number of carbonyl (C=O) groups is 2. The Morgan fingerprint density at radius 2 is 1.74 bits per heavy atom. The van der Waals surface area contributed by atoms with Crippen molar-refractivity contribution in [3.63, 3.8) is 0 Å². The molecule has 1 aliphatic rings. The van der Waals surface area contributed by atoms with Gasteiger partial charge >= 0.3 is 0 Å². The second-order valence-corrected chi connectivity index (χ2v) is 11.1. The van der Waals surface area contributed by atoms with Gasteiger partial charge in [0.2, 0.25) is 0 Å². The van der Waals surface area contributed by atoms with Crippen molar-refractivity contribution >= 4 is 33.8 Å². The number of ether oxygens (including phenoxy) is 1. The molecule has 2 N–H and O–H groups in total. The maximum absolute atomic E-state index is 13.4. The lowest BCUT2D eigenvalue weighted by atomic mass is 9.72. The average Bonchev–Trinajstić information content (AvgIpc) is 3.16. The van der Waals surface area contributed by atoms with E-state index in [4.69, 9.17) is 4.74 Å². The quantitative estimate of drug-likeness (QED) is 0.428. The number of rotatable bonds is 6. The number of thiophene rings is 1. The summed E-state index contributed by atoms with van der Waals surface area (Å²) in [6.07, 6.45) is 2.79. The van der Waals surface area contributed by atoms with Crippen LogP contribution in [0.5, 0.6) is 5.75 Å². The van der Waals surface area contributed by atoms with Gasteiger partial charge < -0.3 is 15.4 Å². The van der Waals surface area contributed by atoms with Gasteiger partial charge in [-0.15, -0.1) is 11.3 Å². The number of hydrogen-bond acceptors (Lipinski definition) is 4. The Balaban J connectivity index is 1.57. The zero-order valence-corrected chi connectivity index (χ0v) is 21.1. The Bertz CT molecular complexity index is 1160. The molecule has 2 amide bonds. The highest BCUT2D eigenvalue weighted by molar-refractivity contribution is 7.17. The summed E-state index contributed by atoms with van der Waals surface area (Å²) in [5, 5.41) is 6.58. The molecule has 178 valence electrons. The fourth-order valence-corrected chi connectivity index (χ4v) is 5.65. The Morgan fingerprint density at radius 3 is 2.41 bits per heavy atom. The maximum Gasteiger partial charge on any atom is 0.262 e. The molecule has 0 aliphatic heterocycles. The van der Waals surface area contributed by atoms with Crippen LogP contribution in [0.25, 0.3) is 0 Å². The van der Waals surface area contributed by atoms with Gasteiger partial charge in [0.05, 0.1) is 5.56 Å².